The van der Waals surface area contributed by atoms with Crippen LogP contribution in [0.4, 0.5) is 0 Å². The molecule has 0 aliphatic heterocycles. The van der Waals surface area contributed by atoms with Gasteiger partial charge in [-0.1, -0.05) is 37.3 Å². The predicted molar refractivity (Wildman–Crippen MR) is 91.4 cm³/mol. The summed E-state index contributed by atoms with van der Waals surface area (Å²) in [7, 11) is 0. The van der Waals surface area contributed by atoms with E-state index in [1.54, 1.807) is 6.92 Å². The molecule has 126 valence electrons. The monoisotopic (exact) mass is 338 g/mol. The van der Waals surface area contributed by atoms with E-state index in [1.807, 2.05) is 44.2 Å². The van der Waals surface area contributed by atoms with Crippen molar-refractivity contribution in [3.8, 4) is 11.4 Å². The molecule has 0 aliphatic carbocycles. The summed E-state index contributed by atoms with van der Waals surface area (Å²) < 4.78 is 0. The Labute approximate surface area is 142 Å². The minimum Gasteiger partial charge on any atom is -0.353 e. The zero-order valence-electron chi connectivity index (χ0n) is 13.6. The smallest absolute Gasteiger partial charge is 0.246 e. The third-order valence-electron chi connectivity index (χ3n) is 3.32. The Hall–Kier alpha value is -1.99. The van der Waals surface area contributed by atoms with Crippen LogP contribution < -0.4 is 10.6 Å². The Balaban J connectivity index is 0.00000264. The number of nitrogens with one attached hydrogen (secondary N) is 2. The molecule has 1 heterocycles. The van der Waals surface area contributed by atoms with Crippen molar-refractivity contribution in [3.63, 3.8) is 0 Å². The van der Waals surface area contributed by atoms with Gasteiger partial charge in [-0.15, -0.1) is 22.6 Å². The van der Waals surface area contributed by atoms with Crippen molar-refractivity contribution in [2.45, 2.75) is 32.9 Å². The summed E-state index contributed by atoms with van der Waals surface area (Å²) in [6.07, 6.45) is 0. The second kappa shape index (κ2) is 9.22. The predicted octanol–water partition coefficient (Wildman–Crippen LogP) is 1.44. The van der Waals surface area contributed by atoms with Gasteiger partial charge in [-0.25, -0.2) is 0 Å². The van der Waals surface area contributed by atoms with Crippen LogP contribution in [0.2, 0.25) is 0 Å². The van der Waals surface area contributed by atoms with Crippen LogP contribution in [0.5, 0.6) is 0 Å². The largest absolute Gasteiger partial charge is 0.353 e. The summed E-state index contributed by atoms with van der Waals surface area (Å²) in [6, 6.07) is 9.29. The molecule has 0 bridgehead atoms. The van der Waals surface area contributed by atoms with Crippen molar-refractivity contribution in [1.82, 2.24) is 30.8 Å². The third-order valence-corrected chi connectivity index (χ3v) is 3.32. The molecule has 0 aliphatic rings. The molecule has 2 aromatic rings. The quantitative estimate of drug-likeness (QED) is 0.798. The molecule has 0 saturated carbocycles. The maximum Gasteiger partial charge on any atom is 0.246 e. The van der Waals surface area contributed by atoms with Crippen LogP contribution >= 0.6 is 12.4 Å². The molecule has 7 nitrogen and oxygen atoms in total. The van der Waals surface area contributed by atoms with E-state index >= 15 is 0 Å². The first-order chi connectivity index (χ1) is 10.6. The van der Waals surface area contributed by atoms with Gasteiger partial charge in [0.25, 0.3) is 0 Å². The first kappa shape index (κ1) is 19.1. The first-order valence-corrected chi connectivity index (χ1v) is 7.47. The zero-order chi connectivity index (χ0) is 15.9. The number of benzene rings is 1. The van der Waals surface area contributed by atoms with Crippen molar-refractivity contribution in [3.05, 3.63) is 30.3 Å². The van der Waals surface area contributed by atoms with Crippen LogP contribution in [0, 0.1) is 0 Å². The van der Waals surface area contributed by atoms with Crippen molar-refractivity contribution in [1.29, 1.82) is 0 Å². The molecule has 1 unspecified atom stereocenters. The van der Waals surface area contributed by atoms with E-state index in [4.69, 9.17) is 0 Å². The molecule has 2 rings (SSSR count). The average Bonchev–Trinajstić information content (AvgIpc) is 3.03. The first-order valence-electron chi connectivity index (χ1n) is 7.47. The highest BCUT2D eigenvalue weighted by atomic mass is 35.5. The van der Waals surface area contributed by atoms with Crippen LogP contribution in [0.25, 0.3) is 11.4 Å². The van der Waals surface area contributed by atoms with Gasteiger partial charge in [0.15, 0.2) is 0 Å². The van der Waals surface area contributed by atoms with Crippen molar-refractivity contribution in [2.24, 2.45) is 0 Å². The molecule has 1 aromatic carbocycles. The number of nitrogens with zero attached hydrogens (tertiary/aromatic N) is 4. The highest BCUT2D eigenvalue weighted by Crippen LogP contribution is 2.13. The van der Waals surface area contributed by atoms with Crippen LogP contribution in [-0.2, 0) is 4.79 Å². The molecule has 23 heavy (non-hydrogen) atoms. The van der Waals surface area contributed by atoms with Gasteiger partial charge in [-0.3, -0.25) is 4.79 Å². The van der Waals surface area contributed by atoms with Crippen molar-refractivity contribution >= 4 is 18.3 Å². The van der Waals surface area contributed by atoms with Gasteiger partial charge in [0.2, 0.25) is 11.7 Å². The van der Waals surface area contributed by atoms with Crippen LogP contribution in [0.1, 0.15) is 26.8 Å². The molecule has 0 radical (unpaired) electrons. The van der Waals surface area contributed by atoms with E-state index in [1.165, 1.54) is 4.80 Å². The lowest BCUT2D eigenvalue weighted by atomic mass is 10.2. The van der Waals surface area contributed by atoms with E-state index in [-0.39, 0.29) is 24.4 Å². The summed E-state index contributed by atoms with van der Waals surface area (Å²) in [5, 5.41) is 18.4. The van der Waals surface area contributed by atoms with Gasteiger partial charge in [0.05, 0.1) is 0 Å². The number of carbonyl (C=O) groups is 1. The molecule has 0 spiro atoms. The van der Waals surface area contributed by atoms with Crippen LogP contribution in [0.3, 0.4) is 0 Å². The SMILES string of the molecule is CCN[C@H](C)CNC(=O)C(C)n1nnc(-c2ccccc2)n1.Cl. The van der Waals surface area contributed by atoms with Crippen LogP contribution in [-0.4, -0.2) is 45.2 Å². The van der Waals surface area contributed by atoms with Crippen LogP contribution in [0.15, 0.2) is 30.3 Å². The average molecular weight is 339 g/mol. The Bertz CT molecular complexity index is 603. The number of amides is 1. The van der Waals surface area contributed by atoms with E-state index in [9.17, 15) is 4.79 Å². The van der Waals surface area contributed by atoms with Gasteiger partial charge in [0, 0.05) is 18.2 Å². The lowest BCUT2D eigenvalue weighted by Gasteiger charge is -2.15. The molecule has 2 atom stereocenters. The van der Waals surface area contributed by atoms with Crippen molar-refractivity contribution < 1.29 is 4.79 Å². The van der Waals surface area contributed by atoms with Gasteiger partial charge < -0.3 is 10.6 Å². The summed E-state index contributed by atoms with van der Waals surface area (Å²) >= 11 is 0. The fourth-order valence-electron chi connectivity index (χ4n) is 2.02. The fraction of sp³-hybridized carbons (Fsp3) is 0.467. The number of rotatable bonds is 7. The van der Waals surface area contributed by atoms with E-state index in [2.05, 4.69) is 26.0 Å². The van der Waals surface area contributed by atoms with Gasteiger partial charge in [-0.2, -0.15) is 4.80 Å². The molecule has 2 N–H and O–H groups in total. The summed E-state index contributed by atoms with van der Waals surface area (Å²) in [5.74, 6) is 0.392. The third kappa shape index (κ3) is 5.30. The van der Waals surface area contributed by atoms with E-state index < -0.39 is 6.04 Å². The number of hydrogen-bond acceptors (Lipinski definition) is 5. The minimum absolute atomic E-state index is 0. The number of hydrogen-bond donors (Lipinski definition) is 2. The molecular formula is C15H23ClN6O. The Kier molecular flexibility index (Phi) is 7.64. The lowest BCUT2D eigenvalue weighted by molar-refractivity contribution is -0.124. The summed E-state index contributed by atoms with van der Waals surface area (Å²) in [5.41, 5.74) is 0.877. The standard InChI is InChI=1S/C15H22N6O.ClH/c1-4-16-11(2)10-17-15(22)12(3)21-19-14(18-20-21)13-8-6-5-7-9-13;/h5-9,11-12,16H,4,10H2,1-3H3,(H,17,22);1H/t11-,12?;/m1./s1. The number of tetrazole rings is 1. The maximum absolute atomic E-state index is 12.1. The Morgan fingerprint density at radius 3 is 2.61 bits per heavy atom. The molecule has 1 aromatic heterocycles. The zero-order valence-corrected chi connectivity index (χ0v) is 14.4. The molecule has 1 amide bonds. The number of halogens is 1. The van der Waals surface area contributed by atoms with Gasteiger partial charge in [-0.05, 0) is 25.6 Å². The normalized spacial score (nSPS) is 13.0. The van der Waals surface area contributed by atoms with Crippen molar-refractivity contribution in [2.75, 3.05) is 13.1 Å². The van der Waals surface area contributed by atoms with E-state index in [0.717, 1.165) is 12.1 Å². The highest BCUT2D eigenvalue weighted by molar-refractivity contribution is 5.85. The second-order valence-corrected chi connectivity index (χ2v) is 5.18. The minimum atomic E-state index is -0.501. The molecule has 8 heteroatoms. The number of likely N-dealkylation sites (N-methyl/N-ethyl adjacent to an activating group) is 1. The van der Waals surface area contributed by atoms with E-state index in [0.29, 0.717) is 12.4 Å². The Morgan fingerprint density at radius 2 is 1.96 bits per heavy atom. The number of carbonyl (C=O) groups excluding carboxylic acids is 1. The molecular weight excluding hydrogens is 316 g/mol. The summed E-state index contributed by atoms with van der Waals surface area (Å²) in [6.45, 7) is 7.25. The summed E-state index contributed by atoms with van der Waals surface area (Å²) in [4.78, 5) is 13.5. The molecule has 0 saturated heterocycles. The maximum atomic E-state index is 12.1. The fourth-order valence-corrected chi connectivity index (χ4v) is 2.02. The second-order valence-electron chi connectivity index (χ2n) is 5.18. The highest BCUT2D eigenvalue weighted by Gasteiger charge is 2.18. The topological polar surface area (TPSA) is 84.7 Å². The Morgan fingerprint density at radius 1 is 1.26 bits per heavy atom. The lowest BCUT2D eigenvalue weighted by Crippen LogP contribution is -2.41. The molecule has 0 fully saturated rings. The van der Waals surface area contributed by atoms with Gasteiger partial charge >= 0.3 is 0 Å². The van der Waals surface area contributed by atoms with Gasteiger partial charge in [0.1, 0.15) is 6.04 Å². The number of aromatic nitrogens is 4.